The van der Waals surface area contributed by atoms with Crippen molar-refractivity contribution in [3.63, 3.8) is 0 Å². The van der Waals surface area contributed by atoms with Gasteiger partial charge >= 0.3 is 0 Å². The van der Waals surface area contributed by atoms with Gasteiger partial charge in [-0.15, -0.1) is 11.6 Å². The number of hydrogen-bond donors (Lipinski definition) is 0. The van der Waals surface area contributed by atoms with E-state index >= 15 is 0 Å². The lowest BCUT2D eigenvalue weighted by Crippen LogP contribution is -1.93. The lowest BCUT2D eigenvalue weighted by atomic mass is 10.1. The van der Waals surface area contributed by atoms with E-state index in [2.05, 4.69) is 11.1 Å². The zero-order chi connectivity index (χ0) is 12.4. The molecule has 90 valence electrons. The molecule has 0 saturated heterocycles. The van der Waals surface area contributed by atoms with E-state index in [4.69, 9.17) is 34.8 Å². The normalized spacial score (nSPS) is 11.1. The van der Waals surface area contributed by atoms with E-state index in [0.717, 1.165) is 39.9 Å². The maximum absolute atomic E-state index is 6.17. The number of rotatable bonds is 3. The van der Waals surface area contributed by atoms with Crippen molar-refractivity contribution < 1.29 is 0 Å². The zero-order valence-electron chi connectivity index (χ0n) is 9.43. The molecule has 0 fully saturated rings. The summed E-state index contributed by atoms with van der Waals surface area (Å²) in [4.78, 5) is 4.43. The summed E-state index contributed by atoms with van der Waals surface area (Å²) in [6.45, 7) is 1.95. The van der Waals surface area contributed by atoms with Crippen LogP contribution in [-0.4, -0.2) is 10.9 Å². The molecule has 1 heterocycles. The monoisotopic (exact) mass is 287 g/mol. The van der Waals surface area contributed by atoms with Crippen molar-refractivity contribution in [2.75, 3.05) is 5.88 Å². The molecule has 0 radical (unpaired) electrons. The summed E-state index contributed by atoms with van der Waals surface area (Å²) in [5.41, 5.74) is 2.88. The molecule has 1 aromatic carbocycles. The van der Waals surface area contributed by atoms with Crippen molar-refractivity contribution in [3.8, 4) is 0 Å². The van der Waals surface area contributed by atoms with Crippen LogP contribution in [0.25, 0.3) is 10.9 Å². The Morgan fingerprint density at radius 1 is 1.24 bits per heavy atom. The zero-order valence-corrected chi connectivity index (χ0v) is 11.7. The van der Waals surface area contributed by atoms with Gasteiger partial charge in [-0.25, -0.2) is 4.98 Å². The van der Waals surface area contributed by atoms with Gasteiger partial charge in [-0.3, -0.25) is 0 Å². The Balaban J connectivity index is 2.54. The van der Waals surface area contributed by atoms with Crippen LogP contribution >= 0.6 is 34.8 Å². The number of benzene rings is 1. The molecule has 2 aromatic rings. The van der Waals surface area contributed by atoms with E-state index in [-0.39, 0.29) is 0 Å². The number of fused-ring (bicyclic) bond motifs is 1. The van der Waals surface area contributed by atoms with E-state index in [1.807, 2.05) is 19.1 Å². The topological polar surface area (TPSA) is 12.9 Å². The molecule has 0 saturated carbocycles. The predicted octanol–water partition coefficient (Wildman–Crippen LogP) is 5.02. The summed E-state index contributed by atoms with van der Waals surface area (Å²) in [5, 5.41) is 2.34. The number of pyridine rings is 1. The summed E-state index contributed by atoms with van der Waals surface area (Å²) in [7, 11) is 0. The molecule has 0 bridgehead atoms. The molecule has 2 rings (SSSR count). The van der Waals surface area contributed by atoms with Crippen LogP contribution in [0.3, 0.4) is 0 Å². The van der Waals surface area contributed by atoms with Crippen LogP contribution in [0.15, 0.2) is 18.2 Å². The first-order chi connectivity index (χ1) is 8.13. The molecular weight excluding hydrogens is 277 g/mol. The molecule has 17 heavy (non-hydrogen) atoms. The Hall–Kier alpha value is -0.500. The largest absolute Gasteiger partial charge is 0.235 e. The molecular formula is C13H12Cl3N. The number of aryl methyl sites for hydroxylation is 2. The third-order valence-corrected chi connectivity index (χ3v) is 3.78. The van der Waals surface area contributed by atoms with Crippen molar-refractivity contribution in [3.05, 3.63) is 39.5 Å². The highest BCUT2D eigenvalue weighted by atomic mass is 35.5. The third kappa shape index (κ3) is 2.67. The summed E-state index contributed by atoms with van der Waals surface area (Å²) < 4.78 is 0. The minimum Gasteiger partial charge on any atom is -0.235 e. The fourth-order valence-corrected chi connectivity index (χ4v) is 2.33. The van der Waals surface area contributed by atoms with Gasteiger partial charge in [0, 0.05) is 16.3 Å². The van der Waals surface area contributed by atoms with Crippen LogP contribution in [0.1, 0.15) is 17.5 Å². The lowest BCUT2D eigenvalue weighted by molar-refractivity contribution is 0.924. The second kappa shape index (κ2) is 5.43. The van der Waals surface area contributed by atoms with Crippen LogP contribution in [0.5, 0.6) is 0 Å². The van der Waals surface area contributed by atoms with Gasteiger partial charge < -0.3 is 0 Å². The predicted molar refractivity (Wildman–Crippen MR) is 75.5 cm³/mol. The minimum atomic E-state index is 0.549. The molecule has 0 unspecified atom stereocenters. The molecule has 0 atom stereocenters. The van der Waals surface area contributed by atoms with Gasteiger partial charge in [0.25, 0.3) is 0 Å². The quantitative estimate of drug-likeness (QED) is 0.571. The highest BCUT2D eigenvalue weighted by molar-refractivity contribution is 6.32. The second-order valence-electron chi connectivity index (χ2n) is 3.97. The molecule has 0 aliphatic heterocycles. The summed E-state index contributed by atoms with van der Waals surface area (Å²) in [6, 6.07) is 5.93. The number of halogens is 3. The van der Waals surface area contributed by atoms with E-state index in [1.54, 1.807) is 0 Å². The van der Waals surface area contributed by atoms with E-state index < -0.39 is 0 Å². The molecule has 4 heteroatoms. The highest BCUT2D eigenvalue weighted by Gasteiger charge is 2.08. The smallest absolute Gasteiger partial charge is 0.132 e. The fraction of sp³-hybridized carbons (Fsp3) is 0.308. The standard InChI is InChI=1S/C13H12Cl3N/c1-8-11(15)5-4-9-7-10(3-2-6-14)13(16)17-12(8)9/h4-5,7H,2-3,6H2,1H3. The van der Waals surface area contributed by atoms with Gasteiger partial charge in [0.2, 0.25) is 0 Å². The SMILES string of the molecule is Cc1c(Cl)ccc2cc(CCCCl)c(Cl)nc12. The first-order valence-corrected chi connectivity index (χ1v) is 6.72. The summed E-state index contributed by atoms with van der Waals surface area (Å²) >= 11 is 17.9. The van der Waals surface area contributed by atoms with Crippen molar-refractivity contribution in [1.82, 2.24) is 4.98 Å². The lowest BCUT2D eigenvalue weighted by Gasteiger charge is -2.08. The average Bonchev–Trinajstić information content (AvgIpc) is 2.32. The molecule has 1 nitrogen and oxygen atoms in total. The Morgan fingerprint density at radius 3 is 2.71 bits per heavy atom. The van der Waals surface area contributed by atoms with Crippen molar-refractivity contribution >= 4 is 45.7 Å². The van der Waals surface area contributed by atoms with Crippen molar-refractivity contribution in [2.24, 2.45) is 0 Å². The number of alkyl halides is 1. The number of hydrogen-bond acceptors (Lipinski definition) is 1. The summed E-state index contributed by atoms with van der Waals surface area (Å²) in [6.07, 6.45) is 1.76. The van der Waals surface area contributed by atoms with Gasteiger partial charge in [-0.2, -0.15) is 0 Å². The van der Waals surface area contributed by atoms with Gasteiger partial charge in [0.05, 0.1) is 5.52 Å². The highest BCUT2D eigenvalue weighted by Crippen LogP contribution is 2.27. The molecule has 1 aromatic heterocycles. The van der Waals surface area contributed by atoms with Gasteiger partial charge in [0.1, 0.15) is 5.15 Å². The maximum Gasteiger partial charge on any atom is 0.132 e. The van der Waals surface area contributed by atoms with Gasteiger partial charge in [-0.05, 0) is 43.0 Å². The van der Waals surface area contributed by atoms with Crippen LogP contribution < -0.4 is 0 Å². The Bertz CT molecular complexity index is 552. The minimum absolute atomic E-state index is 0.549. The summed E-state index contributed by atoms with van der Waals surface area (Å²) in [5.74, 6) is 0.633. The molecule has 0 spiro atoms. The van der Waals surface area contributed by atoms with E-state index in [0.29, 0.717) is 11.0 Å². The van der Waals surface area contributed by atoms with Crippen LogP contribution in [0.4, 0.5) is 0 Å². The molecule has 0 aliphatic carbocycles. The first-order valence-electron chi connectivity index (χ1n) is 5.43. The molecule has 0 amide bonds. The van der Waals surface area contributed by atoms with Crippen LogP contribution in [0.2, 0.25) is 10.2 Å². The van der Waals surface area contributed by atoms with E-state index in [9.17, 15) is 0 Å². The number of aromatic nitrogens is 1. The first kappa shape index (κ1) is 12.9. The fourth-order valence-electron chi connectivity index (χ4n) is 1.81. The van der Waals surface area contributed by atoms with Gasteiger partial charge in [0.15, 0.2) is 0 Å². The number of nitrogens with zero attached hydrogens (tertiary/aromatic N) is 1. The molecule has 0 aliphatic rings. The van der Waals surface area contributed by atoms with E-state index in [1.165, 1.54) is 0 Å². The second-order valence-corrected chi connectivity index (χ2v) is 5.12. The molecule has 0 N–H and O–H groups in total. The Labute approximate surface area is 116 Å². The Morgan fingerprint density at radius 2 is 2.00 bits per heavy atom. The average molecular weight is 289 g/mol. The Kier molecular flexibility index (Phi) is 4.13. The van der Waals surface area contributed by atoms with Crippen molar-refractivity contribution in [1.29, 1.82) is 0 Å². The maximum atomic E-state index is 6.17. The van der Waals surface area contributed by atoms with Crippen LogP contribution in [0, 0.1) is 6.92 Å². The van der Waals surface area contributed by atoms with Crippen LogP contribution in [-0.2, 0) is 6.42 Å². The third-order valence-electron chi connectivity index (χ3n) is 2.78. The van der Waals surface area contributed by atoms with Gasteiger partial charge in [-0.1, -0.05) is 29.3 Å². The van der Waals surface area contributed by atoms with Crippen molar-refractivity contribution in [2.45, 2.75) is 19.8 Å².